The second kappa shape index (κ2) is 6.68. The average molecular weight is 358 g/mol. The van der Waals surface area contributed by atoms with Gasteiger partial charge in [-0.25, -0.2) is 17.6 Å². The second-order valence-corrected chi connectivity index (χ2v) is 8.69. The zero-order chi connectivity index (χ0) is 18.1. The van der Waals surface area contributed by atoms with Crippen molar-refractivity contribution in [2.24, 2.45) is 0 Å². The molecule has 1 heterocycles. The number of halogens is 1. The van der Waals surface area contributed by atoms with Gasteiger partial charge in [0.2, 0.25) is 10.0 Å². The van der Waals surface area contributed by atoms with Crippen LogP contribution in [0.5, 0.6) is 0 Å². The maximum atomic E-state index is 13.4. The SMILES string of the molecule is Cc1ccc(F)cc1S(=O)(=O)N1CCN(C(=O)OC(C)(C)C)CC1. The summed E-state index contributed by atoms with van der Waals surface area (Å²) < 4.78 is 45.4. The van der Waals surface area contributed by atoms with Gasteiger partial charge in [0, 0.05) is 26.2 Å². The van der Waals surface area contributed by atoms with Crippen LogP contribution in [0.1, 0.15) is 26.3 Å². The number of carbonyl (C=O) groups is 1. The lowest BCUT2D eigenvalue weighted by Crippen LogP contribution is -2.51. The molecule has 1 aliphatic heterocycles. The summed E-state index contributed by atoms with van der Waals surface area (Å²) in [6, 6.07) is 3.71. The predicted octanol–water partition coefficient (Wildman–Crippen LogP) is 2.38. The fraction of sp³-hybridized carbons (Fsp3) is 0.562. The second-order valence-electron chi connectivity index (χ2n) is 6.78. The van der Waals surface area contributed by atoms with Crippen LogP contribution in [0, 0.1) is 12.7 Å². The van der Waals surface area contributed by atoms with E-state index in [1.807, 2.05) is 0 Å². The third-order valence-corrected chi connectivity index (χ3v) is 5.70. The molecular formula is C16H23FN2O4S. The van der Waals surface area contributed by atoms with E-state index < -0.39 is 27.5 Å². The molecular weight excluding hydrogens is 335 g/mol. The van der Waals surface area contributed by atoms with Gasteiger partial charge in [-0.2, -0.15) is 4.31 Å². The summed E-state index contributed by atoms with van der Waals surface area (Å²) in [6.45, 7) is 7.73. The van der Waals surface area contributed by atoms with Crippen LogP contribution in [0.2, 0.25) is 0 Å². The highest BCUT2D eigenvalue weighted by Crippen LogP contribution is 2.22. The molecule has 0 N–H and O–H groups in total. The van der Waals surface area contributed by atoms with E-state index in [0.717, 1.165) is 6.07 Å². The molecule has 0 saturated carbocycles. The average Bonchev–Trinajstić information content (AvgIpc) is 2.48. The van der Waals surface area contributed by atoms with Crippen LogP contribution in [0.15, 0.2) is 23.1 Å². The quantitative estimate of drug-likeness (QED) is 0.814. The Morgan fingerprint density at radius 2 is 1.75 bits per heavy atom. The van der Waals surface area contributed by atoms with E-state index in [4.69, 9.17) is 4.74 Å². The number of amides is 1. The minimum absolute atomic E-state index is 0.0341. The Kier molecular flexibility index (Phi) is 5.19. The van der Waals surface area contributed by atoms with E-state index in [9.17, 15) is 17.6 Å². The highest BCUT2D eigenvalue weighted by Gasteiger charge is 2.32. The van der Waals surface area contributed by atoms with Gasteiger partial charge in [-0.3, -0.25) is 0 Å². The number of rotatable bonds is 2. The van der Waals surface area contributed by atoms with E-state index in [-0.39, 0.29) is 31.1 Å². The number of hydrogen-bond acceptors (Lipinski definition) is 4. The molecule has 0 bridgehead atoms. The van der Waals surface area contributed by atoms with Gasteiger partial charge < -0.3 is 9.64 Å². The molecule has 1 aromatic rings. The van der Waals surface area contributed by atoms with Gasteiger partial charge in [-0.1, -0.05) is 6.07 Å². The van der Waals surface area contributed by atoms with Crippen LogP contribution < -0.4 is 0 Å². The molecule has 0 spiro atoms. The van der Waals surface area contributed by atoms with Crippen molar-refractivity contribution in [3.63, 3.8) is 0 Å². The zero-order valence-corrected chi connectivity index (χ0v) is 15.2. The van der Waals surface area contributed by atoms with E-state index in [0.29, 0.717) is 5.56 Å². The van der Waals surface area contributed by atoms with Gasteiger partial charge in [-0.15, -0.1) is 0 Å². The molecule has 6 nitrogen and oxygen atoms in total. The molecule has 1 aromatic carbocycles. The normalized spacial score (nSPS) is 17.0. The largest absolute Gasteiger partial charge is 0.444 e. The van der Waals surface area contributed by atoms with Crippen molar-refractivity contribution in [3.05, 3.63) is 29.6 Å². The smallest absolute Gasteiger partial charge is 0.410 e. The third kappa shape index (κ3) is 4.24. The molecule has 8 heteroatoms. The molecule has 0 atom stereocenters. The highest BCUT2D eigenvalue weighted by molar-refractivity contribution is 7.89. The van der Waals surface area contributed by atoms with Crippen molar-refractivity contribution < 1.29 is 22.3 Å². The summed E-state index contributed by atoms with van der Waals surface area (Å²) >= 11 is 0. The Balaban J connectivity index is 2.09. The topological polar surface area (TPSA) is 66.9 Å². The van der Waals surface area contributed by atoms with Gasteiger partial charge in [-0.05, 0) is 45.4 Å². The van der Waals surface area contributed by atoms with E-state index in [1.165, 1.54) is 21.3 Å². The number of hydrogen-bond donors (Lipinski definition) is 0. The lowest BCUT2D eigenvalue weighted by molar-refractivity contribution is 0.0192. The van der Waals surface area contributed by atoms with Crippen molar-refractivity contribution in [2.75, 3.05) is 26.2 Å². The maximum absolute atomic E-state index is 13.4. The molecule has 0 aliphatic carbocycles. The van der Waals surface area contributed by atoms with E-state index in [1.54, 1.807) is 27.7 Å². The van der Waals surface area contributed by atoms with E-state index >= 15 is 0 Å². The van der Waals surface area contributed by atoms with Crippen LogP contribution in [0.3, 0.4) is 0 Å². The molecule has 0 aromatic heterocycles. The van der Waals surface area contributed by atoms with Crippen molar-refractivity contribution in [3.8, 4) is 0 Å². The number of sulfonamides is 1. The minimum Gasteiger partial charge on any atom is -0.444 e. The fourth-order valence-electron chi connectivity index (χ4n) is 2.43. The number of ether oxygens (including phenoxy) is 1. The molecule has 2 rings (SSSR count). The van der Waals surface area contributed by atoms with Gasteiger partial charge in [0.15, 0.2) is 0 Å². The Bertz CT molecular complexity index is 720. The van der Waals surface area contributed by atoms with Crippen molar-refractivity contribution >= 4 is 16.1 Å². The molecule has 134 valence electrons. The standard InChI is InChI=1S/C16H23FN2O4S/c1-12-5-6-13(17)11-14(12)24(21,22)19-9-7-18(8-10-19)15(20)23-16(2,3)4/h5-6,11H,7-10H2,1-4H3. The highest BCUT2D eigenvalue weighted by atomic mass is 32.2. The lowest BCUT2D eigenvalue weighted by atomic mass is 10.2. The molecule has 1 fully saturated rings. The lowest BCUT2D eigenvalue weighted by Gasteiger charge is -2.35. The van der Waals surface area contributed by atoms with Gasteiger partial charge in [0.1, 0.15) is 11.4 Å². The maximum Gasteiger partial charge on any atom is 0.410 e. The molecule has 24 heavy (non-hydrogen) atoms. The van der Waals surface area contributed by atoms with Crippen molar-refractivity contribution in [1.82, 2.24) is 9.21 Å². The Labute approximate surface area is 142 Å². The summed E-state index contributed by atoms with van der Waals surface area (Å²) in [5.74, 6) is -0.591. The summed E-state index contributed by atoms with van der Waals surface area (Å²) in [6.07, 6.45) is -0.457. The van der Waals surface area contributed by atoms with Crippen molar-refractivity contribution in [1.29, 1.82) is 0 Å². The zero-order valence-electron chi connectivity index (χ0n) is 14.4. The van der Waals surface area contributed by atoms with Crippen LogP contribution in [-0.2, 0) is 14.8 Å². The number of piperazine rings is 1. The number of carbonyl (C=O) groups excluding carboxylic acids is 1. The van der Waals surface area contributed by atoms with Crippen molar-refractivity contribution in [2.45, 2.75) is 38.2 Å². The van der Waals surface area contributed by atoms with Gasteiger partial charge in [0.05, 0.1) is 4.90 Å². The number of nitrogens with zero attached hydrogens (tertiary/aromatic N) is 2. The molecule has 0 radical (unpaired) electrons. The first-order chi connectivity index (χ1) is 11.0. The van der Waals surface area contributed by atoms with Crippen LogP contribution >= 0.6 is 0 Å². The monoisotopic (exact) mass is 358 g/mol. The summed E-state index contributed by atoms with van der Waals surface area (Å²) in [5, 5.41) is 0. The Morgan fingerprint density at radius 3 is 2.29 bits per heavy atom. The Hall–Kier alpha value is -1.67. The summed E-state index contributed by atoms with van der Waals surface area (Å²) in [7, 11) is -3.78. The first-order valence-corrected chi connectivity index (χ1v) is 9.19. The predicted molar refractivity (Wildman–Crippen MR) is 87.7 cm³/mol. The van der Waals surface area contributed by atoms with Crippen LogP contribution in [0.4, 0.5) is 9.18 Å². The first-order valence-electron chi connectivity index (χ1n) is 7.75. The summed E-state index contributed by atoms with van der Waals surface area (Å²) in [4.78, 5) is 13.5. The molecule has 1 saturated heterocycles. The number of aryl methyl sites for hydroxylation is 1. The number of benzene rings is 1. The van der Waals surface area contributed by atoms with Gasteiger partial charge in [0.25, 0.3) is 0 Å². The van der Waals surface area contributed by atoms with Crippen LogP contribution in [0.25, 0.3) is 0 Å². The van der Waals surface area contributed by atoms with Gasteiger partial charge >= 0.3 is 6.09 Å². The fourth-order valence-corrected chi connectivity index (χ4v) is 4.09. The van der Waals surface area contributed by atoms with E-state index in [2.05, 4.69) is 0 Å². The summed E-state index contributed by atoms with van der Waals surface area (Å²) in [5.41, 5.74) is -0.107. The molecule has 1 aliphatic rings. The third-order valence-electron chi connectivity index (χ3n) is 3.66. The molecule has 0 unspecified atom stereocenters. The van der Waals surface area contributed by atoms with Crippen LogP contribution in [-0.4, -0.2) is 55.5 Å². The molecule has 1 amide bonds. The Morgan fingerprint density at radius 1 is 1.17 bits per heavy atom. The minimum atomic E-state index is -3.78. The first kappa shape index (κ1) is 18.7.